The summed E-state index contributed by atoms with van der Waals surface area (Å²) in [4.78, 5) is 24.5. The number of amides is 1. The van der Waals surface area contributed by atoms with Crippen LogP contribution in [0.4, 0.5) is 0 Å². The summed E-state index contributed by atoms with van der Waals surface area (Å²) in [6.07, 6.45) is 0.313. The summed E-state index contributed by atoms with van der Waals surface area (Å²) in [5.74, 6) is -1.32. The molecule has 0 aliphatic carbocycles. The minimum Gasteiger partial charge on any atom is -0.476 e. The Morgan fingerprint density at radius 2 is 2.11 bits per heavy atom. The Kier molecular flexibility index (Phi) is 4.99. The fraction of sp³-hybridized carbons (Fsp3) is 0.636. The molecule has 1 rings (SSSR count). The van der Waals surface area contributed by atoms with Gasteiger partial charge in [-0.2, -0.15) is 0 Å². The molecule has 1 aromatic rings. The van der Waals surface area contributed by atoms with E-state index in [0.29, 0.717) is 12.1 Å². The van der Waals surface area contributed by atoms with Crippen LogP contribution in [0.1, 0.15) is 30.0 Å². The standard InChI is InChI=1S/C11H19N5O3/c1-7(2)15(3)9(17)6-16-8(4-5-12)10(11(18)19)13-14-16/h7H,4-6,12H2,1-3H3,(H,18,19). The Balaban J connectivity index is 2.95. The molecule has 0 saturated carbocycles. The van der Waals surface area contributed by atoms with Gasteiger partial charge in [-0.3, -0.25) is 4.79 Å². The molecule has 0 radical (unpaired) electrons. The maximum Gasteiger partial charge on any atom is 0.358 e. The number of hydrogen-bond acceptors (Lipinski definition) is 5. The van der Waals surface area contributed by atoms with E-state index in [0.717, 1.165) is 0 Å². The van der Waals surface area contributed by atoms with Gasteiger partial charge in [-0.05, 0) is 20.4 Å². The predicted octanol–water partition coefficient (Wildman–Crippen LogP) is -0.656. The predicted molar refractivity (Wildman–Crippen MR) is 67.6 cm³/mol. The van der Waals surface area contributed by atoms with Crippen LogP contribution in [0.3, 0.4) is 0 Å². The summed E-state index contributed by atoms with van der Waals surface area (Å²) in [6, 6.07) is 0.0629. The van der Waals surface area contributed by atoms with Crippen molar-refractivity contribution in [2.45, 2.75) is 32.9 Å². The van der Waals surface area contributed by atoms with E-state index in [1.807, 2.05) is 13.8 Å². The van der Waals surface area contributed by atoms with E-state index in [9.17, 15) is 9.59 Å². The van der Waals surface area contributed by atoms with Gasteiger partial charge in [-0.1, -0.05) is 5.21 Å². The highest BCUT2D eigenvalue weighted by molar-refractivity contribution is 5.86. The summed E-state index contributed by atoms with van der Waals surface area (Å²) >= 11 is 0. The number of aromatic carboxylic acids is 1. The number of rotatable bonds is 6. The average molecular weight is 269 g/mol. The van der Waals surface area contributed by atoms with Crippen molar-refractivity contribution < 1.29 is 14.7 Å². The van der Waals surface area contributed by atoms with Crippen molar-refractivity contribution >= 4 is 11.9 Å². The van der Waals surface area contributed by atoms with Crippen LogP contribution in [0.25, 0.3) is 0 Å². The van der Waals surface area contributed by atoms with E-state index in [2.05, 4.69) is 10.3 Å². The number of carbonyl (C=O) groups excluding carboxylic acids is 1. The molecule has 1 aromatic heterocycles. The van der Waals surface area contributed by atoms with E-state index in [-0.39, 0.29) is 30.7 Å². The lowest BCUT2D eigenvalue weighted by atomic mass is 10.2. The van der Waals surface area contributed by atoms with Gasteiger partial charge in [0.25, 0.3) is 0 Å². The number of carboxylic acid groups (broad SMARTS) is 1. The molecule has 0 bridgehead atoms. The topological polar surface area (TPSA) is 114 Å². The molecule has 0 aliphatic heterocycles. The smallest absolute Gasteiger partial charge is 0.358 e. The van der Waals surface area contributed by atoms with Gasteiger partial charge >= 0.3 is 5.97 Å². The van der Waals surface area contributed by atoms with Crippen LogP contribution >= 0.6 is 0 Å². The number of nitrogens with two attached hydrogens (primary N) is 1. The zero-order valence-electron chi connectivity index (χ0n) is 11.3. The lowest BCUT2D eigenvalue weighted by molar-refractivity contribution is -0.132. The van der Waals surface area contributed by atoms with E-state index in [4.69, 9.17) is 10.8 Å². The largest absolute Gasteiger partial charge is 0.476 e. The number of hydrogen-bond donors (Lipinski definition) is 2. The first kappa shape index (κ1) is 15.1. The third-order valence-electron chi connectivity index (χ3n) is 2.87. The maximum absolute atomic E-state index is 11.9. The van der Waals surface area contributed by atoms with Crippen molar-refractivity contribution in [1.82, 2.24) is 19.9 Å². The Labute approximate surface area is 111 Å². The molecule has 0 aromatic carbocycles. The summed E-state index contributed by atoms with van der Waals surface area (Å²) in [7, 11) is 1.69. The zero-order chi connectivity index (χ0) is 14.6. The van der Waals surface area contributed by atoms with E-state index >= 15 is 0 Å². The molecule has 3 N–H and O–H groups in total. The fourth-order valence-electron chi connectivity index (χ4n) is 1.54. The number of aromatic nitrogens is 3. The van der Waals surface area contributed by atoms with Crippen LogP contribution in [-0.4, -0.2) is 56.5 Å². The second kappa shape index (κ2) is 6.28. The van der Waals surface area contributed by atoms with Gasteiger partial charge in [0, 0.05) is 19.5 Å². The van der Waals surface area contributed by atoms with Crippen LogP contribution in [0.2, 0.25) is 0 Å². The fourth-order valence-corrected chi connectivity index (χ4v) is 1.54. The molecular formula is C11H19N5O3. The minimum absolute atomic E-state index is 0.0374. The quantitative estimate of drug-likeness (QED) is 0.709. The Hall–Kier alpha value is -1.96. The molecule has 0 saturated heterocycles. The van der Waals surface area contributed by atoms with Crippen LogP contribution in [0, 0.1) is 0 Å². The van der Waals surface area contributed by atoms with Crippen LogP contribution in [0.15, 0.2) is 0 Å². The average Bonchev–Trinajstić information content (AvgIpc) is 2.72. The van der Waals surface area contributed by atoms with E-state index < -0.39 is 5.97 Å². The second-order valence-corrected chi connectivity index (χ2v) is 4.48. The summed E-state index contributed by atoms with van der Waals surface area (Å²) in [5, 5.41) is 16.3. The SMILES string of the molecule is CC(C)N(C)C(=O)Cn1nnc(C(=O)O)c1CCN. The summed E-state index contributed by atoms with van der Waals surface area (Å²) in [6.45, 7) is 4.01. The minimum atomic E-state index is -1.17. The van der Waals surface area contributed by atoms with Gasteiger partial charge in [0.1, 0.15) is 6.54 Å². The Morgan fingerprint density at radius 3 is 2.58 bits per heavy atom. The molecule has 0 unspecified atom stereocenters. The highest BCUT2D eigenvalue weighted by Crippen LogP contribution is 2.07. The summed E-state index contributed by atoms with van der Waals surface area (Å²) < 4.78 is 1.30. The Bertz CT molecular complexity index is 469. The lowest BCUT2D eigenvalue weighted by Gasteiger charge is -2.21. The van der Waals surface area contributed by atoms with Gasteiger partial charge in [-0.25, -0.2) is 9.48 Å². The molecule has 1 amide bonds. The van der Waals surface area contributed by atoms with Gasteiger partial charge in [0.05, 0.1) is 5.69 Å². The van der Waals surface area contributed by atoms with Crippen molar-refractivity contribution in [1.29, 1.82) is 0 Å². The number of likely N-dealkylation sites (N-methyl/N-ethyl adjacent to an activating group) is 1. The van der Waals surface area contributed by atoms with Gasteiger partial charge in [0.15, 0.2) is 5.69 Å². The monoisotopic (exact) mass is 269 g/mol. The van der Waals surface area contributed by atoms with Crippen molar-refractivity contribution in [3.8, 4) is 0 Å². The van der Waals surface area contributed by atoms with E-state index in [1.165, 1.54) is 4.68 Å². The van der Waals surface area contributed by atoms with Gasteiger partial charge in [0.2, 0.25) is 5.91 Å². The van der Waals surface area contributed by atoms with Crippen LogP contribution in [-0.2, 0) is 17.8 Å². The first-order chi connectivity index (χ1) is 8.88. The molecule has 1 heterocycles. The Morgan fingerprint density at radius 1 is 1.47 bits per heavy atom. The maximum atomic E-state index is 11.9. The molecule has 0 atom stereocenters. The van der Waals surface area contributed by atoms with Crippen molar-refractivity contribution in [3.05, 3.63) is 11.4 Å². The molecule has 106 valence electrons. The van der Waals surface area contributed by atoms with Crippen LogP contribution in [0.5, 0.6) is 0 Å². The lowest BCUT2D eigenvalue weighted by Crippen LogP contribution is -2.36. The van der Waals surface area contributed by atoms with Gasteiger partial charge in [-0.15, -0.1) is 5.10 Å². The summed E-state index contributed by atoms with van der Waals surface area (Å²) in [5.41, 5.74) is 5.67. The number of carboxylic acids is 1. The highest BCUT2D eigenvalue weighted by atomic mass is 16.4. The molecule has 8 heteroatoms. The molecule has 0 fully saturated rings. The third-order valence-corrected chi connectivity index (χ3v) is 2.87. The van der Waals surface area contributed by atoms with Gasteiger partial charge < -0.3 is 15.7 Å². The number of nitrogens with zero attached hydrogens (tertiary/aromatic N) is 4. The molecule has 0 spiro atoms. The van der Waals surface area contributed by atoms with Crippen LogP contribution < -0.4 is 5.73 Å². The first-order valence-electron chi connectivity index (χ1n) is 5.99. The highest BCUT2D eigenvalue weighted by Gasteiger charge is 2.21. The molecule has 8 nitrogen and oxygen atoms in total. The third kappa shape index (κ3) is 3.50. The van der Waals surface area contributed by atoms with Crippen molar-refractivity contribution in [2.75, 3.05) is 13.6 Å². The molecular weight excluding hydrogens is 250 g/mol. The molecule has 19 heavy (non-hydrogen) atoms. The van der Waals surface area contributed by atoms with Crippen molar-refractivity contribution in [3.63, 3.8) is 0 Å². The second-order valence-electron chi connectivity index (χ2n) is 4.48. The number of carbonyl (C=O) groups is 2. The molecule has 0 aliphatic rings. The first-order valence-corrected chi connectivity index (χ1v) is 5.99. The zero-order valence-corrected chi connectivity index (χ0v) is 11.3. The normalized spacial score (nSPS) is 10.8. The van der Waals surface area contributed by atoms with Crippen molar-refractivity contribution in [2.24, 2.45) is 5.73 Å². The van der Waals surface area contributed by atoms with E-state index in [1.54, 1.807) is 11.9 Å².